The first-order chi connectivity index (χ1) is 11.3. The fraction of sp³-hybridized carbons (Fsp3) is 0.667. The van der Waals surface area contributed by atoms with Gasteiger partial charge < -0.3 is 15.1 Å². The Morgan fingerprint density at radius 2 is 1.65 bits per heavy atom. The monoisotopic (exact) mass is 355 g/mol. The van der Waals surface area contributed by atoms with Gasteiger partial charge in [0.25, 0.3) is 0 Å². The minimum absolute atomic E-state index is 0.902. The fourth-order valence-corrected chi connectivity index (χ4v) is 3.00. The maximum Gasteiger partial charge on any atom is 0.0107 e. The largest absolute Gasteiger partial charge is 0.315 e. The molecule has 0 saturated heterocycles. The number of nitrogens with one attached hydrogen (secondary N) is 1. The highest BCUT2D eigenvalue weighted by Crippen LogP contribution is 2.01. The van der Waals surface area contributed by atoms with Gasteiger partial charge >= 0.3 is 0 Å². The summed E-state index contributed by atoms with van der Waals surface area (Å²) in [5.41, 5.74) is 1.42. The summed E-state index contributed by atoms with van der Waals surface area (Å²) in [6, 6.07) is 10.7. The molecule has 0 radical (unpaired) electrons. The van der Waals surface area contributed by atoms with Gasteiger partial charge in [-0.1, -0.05) is 30.3 Å². The summed E-state index contributed by atoms with van der Waals surface area (Å²) < 4.78 is 0. The van der Waals surface area contributed by atoms with Crippen molar-refractivity contribution in [2.75, 3.05) is 64.4 Å². The summed E-state index contributed by atoms with van der Waals surface area (Å²) in [5.74, 6) is 1.83. The lowest BCUT2D eigenvalue weighted by Gasteiger charge is -2.23. The number of likely N-dealkylation sites (N-methyl/N-ethyl adjacent to an activating group) is 1. The maximum absolute atomic E-state index is 4.38. The Morgan fingerprint density at radius 3 is 2.35 bits per heavy atom. The Hall–Kier alpha value is -0.200. The van der Waals surface area contributed by atoms with Gasteiger partial charge in [-0.3, -0.25) is 0 Å². The van der Waals surface area contributed by atoms with Crippen molar-refractivity contribution in [3.8, 4) is 0 Å². The summed E-state index contributed by atoms with van der Waals surface area (Å²) in [6.45, 7) is 7.62. The van der Waals surface area contributed by atoms with E-state index in [0.717, 1.165) is 63.7 Å². The number of rotatable bonds is 14. The molecule has 0 amide bonds. The van der Waals surface area contributed by atoms with E-state index in [9.17, 15) is 0 Å². The minimum Gasteiger partial charge on any atom is -0.315 e. The number of hydrogen-bond acceptors (Lipinski definition) is 5. The van der Waals surface area contributed by atoms with E-state index >= 15 is 0 Å². The van der Waals surface area contributed by atoms with Crippen molar-refractivity contribution >= 4 is 25.3 Å². The van der Waals surface area contributed by atoms with Gasteiger partial charge in [-0.05, 0) is 38.5 Å². The second-order valence-corrected chi connectivity index (χ2v) is 6.83. The van der Waals surface area contributed by atoms with Crippen molar-refractivity contribution < 1.29 is 0 Å². The zero-order chi connectivity index (χ0) is 16.8. The van der Waals surface area contributed by atoms with Gasteiger partial charge in [0.1, 0.15) is 0 Å². The minimum atomic E-state index is 0.902. The molecular formula is C18H33N3S2. The van der Waals surface area contributed by atoms with E-state index in [2.05, 4.69) is 77.8 Å². The molecule has 3 nitrogen and oxygen atoms in total. The molecule has 0 aliphatic heterocycles. The predicted molar refractivity (Wildman–Crippen MR) is 109 cm³/mol. The van der Waals surface area contributed by atoms with Crippen LogP contribution >= 0.6 is 25.3 Å². The summed E-state index contributed by atoms with van der Waals surface area (Å²) in [5, 5.41) is 3.41. The lowest BCUT2D eigenvalue weighted by Crippen LogP contribution is -2.36. The van der Waals surface area contributed by atoms with Crippen molar-refractivity contribution in [3.05, 3.63) is 35.9 Å². The fourth-order valence-electron chi connectivity index (χ4n) is 2.56. The smallest absolute Gasteiger partial charge is 0.0107 e. The first kappa shape index (κ1) is 20.8. The molecule has 0 aliphatic rings. The van der Waals surface area contributed by atoms with Gasteiger partial charge in [-0.2, -0.15) is 25.3 Å². The summed E-state index contributed by atoms with van der Waals surface area (Å²) in [7, 11) is 2.22. The molecule has 0 aromatic heterocycles. The highest BCUT2D eigenvalue weighted by molar-refractivity contribution is 7.80. The average Bonchev–Trinajstić information content (AvgIpc) is 2.58. The van der Waals surface area contributed by atoms with Gasteiger partial charge in [0.15, 0.2) is 0 Å². The molecule has 0 spiro atoms. The molecule has 0 aliphatic carbocycles. The van der Waals surface area contributed by atoms with Crippen LogP contribution in [-0.4, -0.2) is 74.2 Å². The third kappa shape index (κ3) is 11.1. The molecule has 0 atom stereocenters. The Labute approximate surface area is 153 Å². The molecule has 1 aromatic rings. The molecule has 1 rings (SSSR count). The lowest BCUT2D eigenvalue weighted by atomic mass is 10.1. The molecule has 0 heterocycles. The molecule has 0 unspecified atom stereocenters. The van der Waals surface area contributed by atoms with E-state index in [1.807, 2.05) is 0 Å². The molecule has 1 N–H and O–H groups in total. The summed E-state index contributed by atoms with van der Waals surface area (Å²) in [6.07, 6.45) is 2.34. The molecule has 5 heteroatoms. The Bertz CT molecular complexity index is 376. The van der Waals surface area contributed by atoms with Crippen LogP contribution in [-0.2, 0) is 6.42 Å². The topological polar surface area (TPSA) is 18.5 Å². The zero-order valence-corrected chi connectivity index (χ0v) is 16.2. The van der Waals surface area contributed by atoms with E-state index in [-0.39, 0.29) is 0 Å². The molecule has 132 valence electrons. The van der Waals surface area contributed by atoms with Crippen molar-refractivity contribution in [1.29, 1.82) is 0 Å². The van der Waals surface area contributed by atoms with Crippen LogP contribution in [0, 0.1) is 0 Å². The molecular weight excluding hydrogens is 322 g/mol. The Morgan fingerprint density at radius 1 is 0.870 bits per heavy atom. The average molecular weight is 356 g/mol. The van der Waals surface area contributed by atoms with Crippen LogP contribution in [0.4, 0.5) is 0 Å². The number of benzene rings is 1. The highest BCUT2D eigenvalue weighted by Gasteiger charge is 2.05. The van der Waals surface area contributed by atoms with Crippen LogP contribution in [0.3, 0.4) is 0 Å². The Balaban J connectivity index is 2.13. The Kier molecular flexibility index (Phi) is 12.8. The van der Waals surface area contributed by atoms with Crippen molar-refractivity contribution in [3.63, 3.8) is 0 Å². The van der Waals surface area contributed by atoms with Gasteiger partial charge in [-0.25, -0.2) is 0 Å². The van der Waals surface area contributed by atoms with Gasteiger partial charge in [0, 0.05) is 44.2 Å². The van der Waals surface area contributed by atoms with E-state index < -0.39 is 0 Å². The van der Waals surface area contributed by atoms with E-state index in [1.165, 1.54) is 12.0 Å². The second-order valence-electron chi connectivity index (χ2n) is 5.93. The molecule has 1 aromatic carbocycles. The standard InChI is InChI=1S/C18H33N3S2/c1-20(13-8-18-6-3-2-4-7-18)11-5-12-21(15-17-23)14-9-19-10-16-22/h2-4,6-7,19,22-23H,5,8-17H2,1H3. The summed E-state index contributed by atoms with van der Waals surface area (Å²) in [4.78, 5) is 4.94. The second kappa shape index (κ2) is 14.2. The number of nitrogens with zero attached hydrogens (tertiary/aromatic N) is 2. The number of thiol groups is 2. The predicted octanol–water partition coefficient (Wildman–Crippen LogP) is 2.30. The van der Waals surface area contributed by atoms with E-state index in [1.54, 1.807) is 0 Å². The molecule has 0 fully saturated rings. The van der Waals surface area contributed by atoms with Gasteiger partial charge in [-0.15, -0.1) is 0 Å². The van der Waals surface area contributed by atoms with Crippen LogP contribution in [0.15, 0.2) is 30.3 Å². The van der Waals surface area contributed by atoms with Crippen molar-refractivity contribution in [2.45, 2.75) is 12.8 Å². The summed E-state index contributed by atoms with van der Waals surface area (Å²) >= 11 is 8.59. The molecule has 0 saturated carbocycles. The van der Waals surface area contributed by atoms with Gasteiger partial charge in [0.05, 0.1) is 0 Å². The zero-order valence-electron chi connectivity index (χ0n) is 14.5. The third-order valence-electron chi connectivity index (χ3n) is 3.95. The van der Waals surface area contributed by atoms with Crippen LogP contribution in [0.2, 0.25) is 0 Å². The normalized spacial score (nSPS) is 11.5. The quantitative estimate of drug-likeness (QED) is 0.352. The third-order valence-corrected chi connectivity index (χ3v) is 4.37. The van der Waals surface area contributed by atoms with Crippen LogP contribution < -0.4 is 5.32 Å². The van der Waals surface area contributed by atoms with Crippen LogP contribution in [0.5, 0.6) is 0 Å². The maximum atomic E-state index is 4.38. The van der Waals surface area contributed by atoms with Crippen LogP contribution in [0.25, 0.3) is 0 Å². The van der Waals surface area contributed by atoms with E-state index in [0.29, 0.717) is 0 Å². The molecule has 0 bridgehead atoms. The SMILES string of the molecule is CN(CCCN(CCS)CCNCCS)CCc1ccccc1. The number of hydrogen-bond donors (Lipinski definition) is 3. The van der Waals surface area contributed by atoms with E-state index in [4.69, 9.17) is 0 Å². The first-order valence-corrected chi connectivity index (χ1v) is 9.90. The lowest BCUT2D eigenvalue weighted by molar-refractivity contribution is 0.256. The highest BCUT2D eigenvalue weighted by atomic mass is 32.1. The van der Waals surface area contributed by atoms with Crippen molar-refractivity contribution in [2.24, 2.45) is 0 Å². The first-order valence-electron chi connectivity index (χ1n) is 8.63. The van der Waals surface area contributed by atoms with Gasteiger partial charge in [0.2, 0.25) is 0 Å². The molecule has 23 heavy (non-hydrogen) atoms. The van der Waals surface area contributed by atoms with Crippen molar-refractivity contribution in [1.82, 2.24) is 15.1 Å². The van der Waals surface area contributed by atoms with Crippen LogP contribution in [0.1, 0.15) is 12.0 Å².